The van der Waals surface area contributed by atoms with Gasteiger partial charge in [0.2, 0.25) is 5.60 Å². The van der Waals surface area contributed by atoms with Gasteiger partial charge in [0.25, 0.3) is 5.56 Å². The van der Waals surface area contributed by atoms with E-state index in [0.717, 1.165) is 29.8 Å². The molecule has 0 aliphatic rings. The summed E-state index contributed by atoms with van der Waals surface area (Å²) in [6.07, 6.45) is -2.78. The minimum Gasteiger partial charge on any atom is -0.507 e. The molecular formula is C22H21F4N3O3. The summed E-state index contributed by atoms with van der Waals surface area (Å²) in [6, 6.07) is 4.88. The van der Waals surface area contributed by atoms with Crippen molar-refractivity contribution in [2.24, 2.45) is 7.05 Å². The lowest BCUT2D eigenvalue weighted by Gasteiger charge is -2.40. The number of phenolic OH excluding ortho intramolecular Hbond substituents is 1. The number of alkyl halides is 3. The minimum absolute atomic E-state index is 0.0630. The molecule has 0 aliphatic heterocycles. The summed E-state index contributed by atoms with van der Waals surface area (Å²) >= 11 is 0. The van der Waals surface area contributed by atoms with Crippen LogP contribution >= 0.6 is 0 Å². The maximum Gasteiger partial charge on any atom is 0.423 e. The lowest BCUT2D eigenvalue weighted by atomic mass is 9.81. The molecule has 2 atom stereocenters. The van der Waals surface area contributed by atoms with Crippen LogP contribution in [0.15, 0.2) is 59.0 Å². The number of aromatic hydroxyl groups is 1. The molecule has 3 N–H and O–H groups in total. The van der Waals surface area contributed by atoms with E-state index in [1.807, 2.05) is 0 Å². The molecular weight excluding hydrogens is 430 g/mol. The molecule has 0 aliphatic carbocycles. The first-order chi connectivity index (χ1) is 14.9. The third kappa shape index (κ3) is 3.81. The Kier molecular flexibility index (Phi) is 6.01. The number of halogens is 4. The number of allylic oxidation sites excluding steroid dienone is 1. The van der Waals surface area contributed by atoms with Crippen LogP contribution in [-0.2, 0) is 7.05 Å². The van der Waals surface area contributed by atoms with E-state index < -0.39 is 40.5 Å². The van der Waals surface area contributed by atoms with Crippen LogP contribution in [0.4, 0.5) is 23.2 Å². The van der Waals surface area contributed by atoms with Crippen LogP contribution in [0.2, 0.25) is 0 Å². The second-order valence-electron chi connectivity index (χ2n) is 7.36. The Balaban J connectivity index is 2.31. The van der Waals surface area contributed by atoms with Crippen LogP contribution in [0.1, 0.15) is 25.5 Å². The number of benzene rings is 2. The second-order valence-corrected chi connectivity index (χ2v) is 7.36. The highest BCUT2D eigenvalue weighted by Gasteiger charge is 2.60. The summed E-state index contributed by atoms with van der Waals surface area (Å²) < 4.78 is 57.4. The van der Waals surface area contributed by atoms with Gasteiger partial charge in [0.05, 0.1) is 17.6 Å². The summed E-state index contributed by atoms with van der Waals surface area (Å²) in [6.45, 7) is 2.43. The Morgan fingerprint density at radius 3 is 2.50 bits per heavy atom. The molecule has 0 amide bonds. The molecule has 3 rings (SSSR count). The van der Waals surface area contributed by atoms with E-state index in [2.05, 4.69) is 10.4 Å². The van der Waals surface area contributed by atoms with Crippen molar-refractivity contribution in [3.63, 3.8) is 0 Å². The molecule has 0 radical (unpaired) electrons. The van der Waals surface area contributed by atoms with E-state index in [1.165, 1.54) is 38.4 Å². The number of hydrogen-bond acceptors (Lipinski definition) is 5. The molecule has 0 fully saturated rings. The number of aromatic nitrogens is 2. The molecule has 0 spiro atoms. The maximum absolute atomic E-state index is 14.3. The van der Waals surface area contributed by atoms with Gasteiger partial charge in [-0.25, -0.2) is 9.07 Å². The predicted molar refractivity (Wildman–Crippen MR) is 112 cm³/mol. The van der Waals surface area contributed by atoms with E-state index in [-0.39, 0.29) is 22.0 Å². The van der Waals surface area contributed by atoms with Gasteiger partial charge in [0, 0.05) is 29.8 Å². The van der Waals surface area contributed by atoms with Crippen LogP contribution in [0.25, 0.3) is 10.8 Å². The summed E-state index contributed by atoms with van der Waals surface area (Å²) in [5.74, 6) is -1.63. The van der Waals surface area contributed by atoms with Crippen LogP contribution in [0, 0.1) is 5.82 Å². The molecule has 1 aromatic heterocycles. The highest BCUT2D eigenvalue weighted by Crippen LogP contribution is 2.48. The smallest absolute Gasteiger partial charge is 0.423 e. The average Bonchev–Trinajstić information content (AvgIpc) is 2.73. The van der Waals surface area contributed by atoms with Crippen molar-refractivity contribution in [2.45, 2.75) is 31.7 Å². The zero-order valence-electron chi connectivity index (χ0n) is 17.4. The first kappa shape index (κ1) is 23.3. The monoisotopic (exact) mass is 451 g/mol. The van der Waals surface area contributed by atoms with Crippen molar-refractivity contribution in [1.29, 1.82) is 0 Å². The topological polar surface area (TPSA) is 87.4 Å². The molecule has 170 valence electrons. The summed E-state index contributed by atoms with van der Waals surface area (Å²) in [5, 5.41) is 28.2. The molecule has 0 saturated carbocycles. The van der Waals surface area contributed by atoms with E-state index in [9.17, 15) is 32.6 Å². The number of phenols is 1. The SMILES string of the molecule is CC=C(C)C(O)(C(Nc1cccc2c(=O)n(C)ncc12)c1ccc(F)cc1O)C(F)(F)F. The van der Waals surface area contributed by atoms with E-state index in [1.54, 1.807) is 0 Å². The van der Waals surface area contributed by atoms with Crippen molar-refractivity contribution >= 4 is 16.5 Å². The normalized spacial score (nSPS) is 15.4. The quantitative estimate of drug-likeness (QED) is 0.400. The van der Waals surface area contributed by atoms with E-state index in [4.69, 9.17) is 0 Å². The number of aryl methyl sites for hydroxylation is 1. The first-order valence-corrected chi connectivity index (χ1v) is 9.54. The number of fused-ring (bicyclic) bond motifs is 1. The number of nitrogens with zero attached hydrogens (tertiary/aromatic N) is 2. The van der Waals surface area contributed by atoms with Gasteiger partial charge in [-0.15, -0.1) is 0 Å². The number of aliphatic hydroxyl groups is 1. The Morgan fingerprint density at radius 1 is 1.22 bits per heavy atom. The number of hydrogen-bond donors (Lipinski definition) is 3. The lowest BCUT2D eigenvalue weighted by Crippen LogP contribution is -2.53. The molecule has 2 aromatic carbocycles. The zero-order chi connectivity index (χ0) is 23.8. The van der Waals surface area contributed by atoms with Crippen LogP contribution in [-0.4, -0.2) is 31.8 Å². The molecule has 3 aromatic rings. The van der Waals surface area contributed by atoms with Gasteiger partial charge < -0.3 is 15.5 Å². The van der Waals surface area contributed by atoms with Gasteiger partial charge in [-0.1, -0.05) is 18.2 Å². The lowest BCUT2D eigenvalue weighted by molar-refractivity contribution is -0.250. The number of anilines is 1. The van der Waals surface area contributed by atoms with E-state index >= 15 is 0 Å². The molecule has 10 heteroatoms. The molecule has 2 unspecified atom stereocenters. The van der Waals surface area contributed by atoms with Gasteiger partial charge in [0.15, 0.2) is 0 Å². The van der Waals surface area contributed by atoms with Crippen LogP contribution in [0.5, 0.6) is 5.75 Å². The molecule has 0 saturated heterocycles. The molecule has 0 bridgehead atoms. The molecule has 6 nitrogen and oxygen atoms in total. The van der Waals surface area contributed by atoms with Crippen molar-refractivity contribution in [3.05, 3.63) is 76.0 Å². The maximum atomic E-state index is 14.3. The highest BCUT2D eigenvalue weighted by molar-refractivity contribution is 5.92. The van der Waals surface area contributed by atoms with Crippen LogP contribution in [0.3, 0.4) is 0 Å². The molecule has 1 heterocycles. The highest BCUT2D eigenvalue weighted by atomic mass is 19.4. The summed E-state index contributed by atoms with van der Waals surface area (Å²) in [7, 11) is 1.43. The Labute approximate surface area is 180 Å². The van der Waals surface area contributed by atoms with Crippen molar-refractivity contribution < 1.29 is 27.8 Å². The van der Waals surface area contributed by atoms with Crippen molar-refractivity contribution in [2.75, 3.05) is 5.32 Å². The second kappa shape index (κ2) is 8.27. The Bertz CT molecular complexity index is 1250. The van der Waals surface area contributed by atoms with Gasteiger partial charge in [-0.2, -0.15) is 18.3 Å². The van der Waals surface area contributed by atoms with Gasteiger partial charge >= 0.3 is 6.18 Å². The van der Waals surface area contributed by atoms with Gasteiger partial charge in [-0.3, -0.25) is 4.79 Å². The summed E-state index contributed by atoms with van der Waals surface area (Å²) in [4.78, 5) is 12.4. The zero-order valence-corrected chi connectivity index (χ0v) is 17.4. The number of nitrogens with one attached hydrogen (secondary N) is 1. The van der Waals surface area contributed by atoms with Gasteiger partial charge in [-0.05, 0) is 37.6 Å². The molecule has 32 heavy (non-hydrogen) atoms. The van der Waals surface area contributed by atoms with Crippen molar-refractivity contribution in [1.82, 2.24) is 9.78 Å². The standard InChI is InChI=1S/C22H21F4N3O3/c1-4-12(2)21(32,22(24,25)26)19(15-9-8-13(23)10-18(15)30)28-17-7-5-6-14-16(17)11-27-29(3)20(14)31/h4-11,19,28,30,32H,1-3H3. The minimum atomic E-state index is -5.18. The fourth-order valence-corrected chi connectivity index (χ4v) is 3.55. The Morgan fingerprint density at radius 2 is 1.91 bits per heavy atom. The van der Waals surface area contributed by atoms with Gasteiger partial charge in [0.1, 0.15) is 11.6 Å². The fourth-order valence-electron chi connectivity index (χ4n) is 3.55. The number of rotatable bonds is 5. The van der Waals surface area contributed by atoms with Crippen molar-refractivity contribution in [3.8, 4) is 5.75 Å². The fraction of sp³-hybridized carbons (Fsp3) is 0.273. The third-order valence-corrected chi connectivity index (χ3v) is 5.48. The third-order valence-electron chi connectivity index (χ3n) is 5.48. The van der Waals surface area contributed by atoms with Crippen LogP contribution < -0.4 is 10.9 Å². The predicted octanol–water partition coefficient (Wildman–Crippen LogP) is 4.19. The Hall–Kier alpha value is -3.40. The largest absolute Gasteiger partial charge is 0.507 e. The average molecular weight is 451 g/mol. The summed E-state index contributed by atoms with van der Waals surface area (Å²) in [5.41, 5.74) is -4.72. The van der Waals surface area contributed by atoms with E-state index in [0.29, 0.717) is 6.07 Å². The first-order valence-electron chi connectivity index (χ1n) is 9.54.